The normalized spacial score (nSPS) is 15.0. The largest absolute Gasteiger partial charge is 0.337 e. The van der Waals surface area contributed by atoms with Crippen LogP contribution in [-0.4, -0.2) is 41.9 Å². The number of allylic oxidation sites excluding steroid dienone is 1. The van der Waals surface area contributed by atoms with E-state index in [4.69, 9.17) is 0 Å². The standard InChI is InChI=1S/C21H24N2O.C2H6/c1-2-9-20(24)22-14-16-23(17-15-22)21(18-10-5-3-6-11-18)19-12-7-4-8-13-19;1-2/h2-13,21H,14-17H2,1H3;1-2H3/b9-2+;. The number of benzene rings is 2. The van der Waals surface area contributed by atoms with E-state index in [1.54, 1.807) is 6.08 Å². The second-order valence-corrected chi connectivity index (χ2v) is 6.09. The van der Waals surface area contributed by atoms with E-state index in [9.17, 15) is 4.79 Å². The Morgan fingerprint density at radius 2 is 1.31 bits per heavy atom. The van der Waals surface area contributed by atoms with Crippen molar-refractivity contribution in [2.24, 2.45) is 0 Å². The first-order valence-corrected chi connectivity index (χ1v) is 9.55. The highest BCUT2D eigenvalue weighted by atomic mass is 16.2. The van der Waals surface area contributed by atoms with E-state index < -0.39 is 0 Å². The molecule has 3 heteroatoms. The molecule has 1 aliphatic heterocycles. The van der Waals surface area contributed by atoms with Crippen molar-refractivity contribution in [3.05, 3.63) is 83.9 Å². The Bertz CT molecular complexity index is 634. The summed E-state index contributed by atoms with van der Waals surface area (Å²) in [6.07, 6.45) is 3.47. The molecule has 1 heterocycles. The maximum Gasteiger partial charge on any atom is 0.246 e. The highest BCUT2D eigenvalue weighted by Crippen LogP contribution is 2.29. The molecule has 3 rings (SSSR count). The molecule has 0 radical (unpaired) electrons. The van der Waals surface area contributed by atoms with Crippen LogP contribution in [-0.2, 0) is 4.79 Å². The minimum Gasteiger partial charge on any atom is -0.337 e. The first kappa shape index (κ1) is 19.9. The topological polar surface area (TPSA) is 23.6 Å². The Morgan fingerprint density at radius 1 is 0.846 bits per heavy atom. The van der Waals surface area contributed by atoms with Gasteiger partial charge < -0.3 is 4.90 Å². The number of nitrogens with zero attached hydrogens (tertiary/aromatic N) is 2. The van der Waals surface area contributed by atoms with Crippen molar-refractivity contribution in [3.8, 4) is 0 Å². The highest BCUT2D eigenvalue weighted by molar-refractivity contribution is 5.87. The van der Waals surface area contributed by atoms with Crippen LogP contribution in [0, 0.1) is 0 Å². The van der Waals surface area contributed by atoms with Crippen molar-refractivity contribution in [1.82, 2.24) is 9.80 Å². The van der Waals surface area contributed by atoms with E-state index >= 15 is 0 Å². The van der Waals surface area contributed by atoms with Crippen molar-refractivity contribution in [2.75, 3.05) is 26.2 Å². The van der Waals surface area contributed by atoms with Gasteiger partial charge in [0.05, 0.1) is 6.04 Å². The lowest BCUT2D eigenvalue weighted by atomic mass is 9.96. The van der Waals surface area contributed by atoms with Crippen LogP contribution in [0.1, 0.15) is 37.9 Å². The Morgan fingerprint density at radius 3 is 1.73 bits per heavy atom. The Hall–Kier alpha value is -2.39. The summed E-state index contributed by atoms with van der Waals surface area (Å²) < 4.78 is 0. The number of carbonyl (C=O) groups is 1. The van der Waals surface area contributed by atoms with Gasteiger partial charge in [0.1, 0.15) is 0 Å². The summed E-state index contributed by atoms with van der Waals surface area (Å²) in [5.74, 6) is 0.119. The molecule has 3 nitrogen and oxygen atoms in total. The molecule has 1 aliphatic rings. The highest BCUT2D eigenvalue weighted by Gasteiger charge is 2.27. The van der Waals surface area contributed by atoms with Crippen molar-refractivity contribution >= 4 is 5.91 Å². The average molecular weight is 351 g/mol. The second-order valence-electron chi connectivity index (χ2n) is 6.09. The fraction of sp³-hybridized carbons (Fsp3) is 0.348. The van der Waals surface area contributed by atoms with E-state index in [-0.39, 0.29) is 11.9 Å². The summed E-state index contributed by atoms with van der Waals surface area (Å²) in [7, 11) is 0. The summed E-state index contributed by atoms with van der Waals surface area (Å²) >= 11 is 0. The molecule has 1 fully saturated rings. The van der Waals surface area contributed by atoms with Gasteiger partial charge in [-0.15, -0.1) is 0 Å². The molecule has 2 aromatic rings. The van der Waals surface area contributed by atoms with E-state index in [0.29, 0.717) is 0 Å². The van der Waals surface area contributed by atoms with Crippen molar-refractivity contribution < 1.29 is 4.79 Å². The predicted octanol–water partition coefficient (Wildman–Crippen LogP) is 4.52. The van der Waals surface area contributed by atoms with Gasteiger partial charge in [-0.3, -0.25) is 9.69 Å². The van der Waals surface area contributed by atoms with Crippen molar-refractivity contribution in [2.45, 2.75) is 26.8 Å². The lowest BCUT2D eigenvalue weighted by molar-refractivity contribution is -0.127. The third-order valence-electron chi connectivity index (χ3n) is 4.53. The van der Waals surface area contributed by atoms with Gasteiger partial charge in [0, 0.05) is 26.2 Å². The minimum absolute atomic E-state index is 0.119. The van der Waals surface area contributed by atoms with Gasteiger partial charge in [-0.2, -0.15) is 0 Å². The number of amides is 1. The number of hydrogen-bond donors (Lipinski definition) is 0. The van der Waals surface area contributed by atoms with E-state index in [0.717, 1.165) is 26.2 Å². The van der Waals surface area contributed by atoms with Crippen LogP contribution in [0.2, 0.25) is 0 Å². The van der Waals surface area contributed by atoms with Crippen LogP contribution in [0.3, 0.4) is 0 Å². The van der Waals surface area contributed by atoms with Crippen LogP contribution < -0.4 is 0 Å². The average Bonchev–Trinajstić information content (AvgIpc) is 2.72. The third-order valence-corrected chi connectivity index (χ3v) is 4.53. The zero-order valence-corrected chi connectivity index (χ0v) is 16.1. The molecule has 0 unspecified atom stereocenters. The zero-order chi connectivity index (χ0) is 18.8. The van der Waals surface area contributed by atoms with Crippen LogP contribution in [0.5, 0.6) is 0 Å². The first-order chi connectivity index (χ1) is 12.8. The molecular formula is C23H30N2O. The molecule has 0 N–H and O–H groups in total. The molecule has 0 spiro atoms. The van der Waals surface area contributed by atoms with Crippen LogP contribution in [0.4, 0.5) is 0 Å². The molecule has 0 saturated carbocycles. The molecular weight excluding hydrogens is 320 g/mol. The summed E-state index contributed by atoms with van der Waals surface area (Å²) in [6, 6.07) is 21.5. The molecule has 1 saturated heterocycles. The maximum absolute atomic E-state index is 12.0. The molecule has 2 aromatic carbocycles. The number of hydrogen-bond acceptors (Lipinski definition) is 2. The Labute approximate surface area is 157 Å². The van der Waals surface area contributed by atoms with E-state index in [1.807, 2.05) is 31.7 Å². The SMILES string of the molecule is C/C=C/C(=O)N1CCN(C(c2ccccc2)c2ccccc2)CC1.CC. The van der Waals surface area contributed by atoms with Gasteiger partial charge in [0.25, 0.3) is 0 Å². The number of rotatable bonds is 4. The lowest BCUT2D eigenvalue weighted by Crippen LogP contribution is -2.49. The molecule has 0 aliphatic carbocycles. The van der Waals surface area contributed by atoms with Gasteiger partial charge in [0.2, 0.25) is 5.91 Å². The summed E-state index contributed by atoms with van der Waals surface area (Å²) in [5.41, 5.74) is 2.61. The van der Waals surface area contributed by atoms with Crippen molar-refractivity contribution in [1.29, 1.82) is 0 Å². The van der Waals surface area contributed by atoms with Crippen molar-refractivity contribution in [3.63, 3.8) is 0 Å². The minimum atomic E-state index is 0.119. The van der Waals surface area contributed by atoms with E-state index in [2.05, 4.69) is 65.6 Å². The fourth-order valence-corrected chi connectivity index (χ4v) is 3.33. The monoisotopic (exact) mass is 350 g/mol. The number of piperazine rings is 1. The smallest absolute Gasteiger partial charge is 0.246 e. The van der Waals surface area contributed by atoms with E-state index in [1.165, 1.54) is 11.1 Å². The lowest BCUT2D eigenvalue weighted by Gasteiger charge is -2.39. The van der Waals surface area contributed by atoms with Crippen LogP contribution in [0.25, 0.3) is 0 Å². The summed E-state index contributed by atoms with van der Waals surface area (Å²) in [5, 5.41) is 0. The first-order valence-electron chi connectivity index (χ1n) is 9.55. The summed E-state index contributed by atoms with van der Waals surface area (Å²) in [6.45, 7) is 9.21. The third kappa shape index (κ3) is 5.06. The molecule has 0 aromatic heterocycles. The zero-order valence-electron chi connectivity index (χ0n) is 16.1. The van der Waals surface area contributed by atoms with Gasteiger partial charge in [-0.25, -0.2) is 0 Å². The van der Waals surface area contributed by atoms with Gasteiger partial charge in [-0.1, -0.05) is 80.6 Å². The molecule has 0 atom stereocenters. The van der Waals surface area contributed by atoms with Gasteiger partial charge >= 0.3 is 0 Å². The Balaban J connectivity index is 0.00000117. The van der Waals surface area contributed by atoms with Gasteiger partial charge in [-0.05, 0) is 24.1 Å². The van der Waals surface area contributed by atoms with Gasteiger partial charge in [0.15, 0.2) is 0 Å². The van der Waals surface area contributed by atoms with Crippen LogP contribution >= 0.6 is 0 Å². The fourth-order valence-electron chi connectivity index (χ4n) is 3.33. The maximum atomic E-state index is 12.0. The quantitative estimate of drug-likeness (QED) is 0.757. The second kappa shape index (κ2) is 10.6. The van der Waals surface area contributed by atoms with Crippen LogP contribution in [0.15, 0.2) is 72.8 Å². The molecule has 138 valence electrons. The summed E-state index contributed by atoms with van der Waals surface area (Å²) in [4.78, 5) is 16.4. The predicted molar refractivity (Wildman–Crippen MR) is 109 cm³/mol. The molecule has 26 heavy (non-hydrogen) atoms. The molecule has 0 bridgehead atoms. The number of carbonyl (C=O) groups excluding carboxylic acids is 1. The molecule has 1 amide bonds. The Kier molecular flexibility index (Phi) is 8.10.